The lowest BCUT2D eigenvalue weighted by Crippen LogP contribution is -2.24. The Morgan fingerprint density at radius 1 is 1.13 bits per heavy atom. The van der Waals surface area contributed by atoms with Crippen LogP contribution in [0.1, 0.15) is 31.2 Å². The fraction of sp³-hybridized carbons (Fsp3) is 0.571. The first-order valence-corrected chi connectivity index (χ1v) is 6.16. The second-order valence-corrected chi connectivity index (χ2v) is 5.21. The lowest BCUT2D eigenvalue weighted by atomic mass is 10.1. The number of anilines is 1. The normalized spacial score (nSPS) is 20.7. The quantitative estimate of drug-likeness (QED) is 0.785. The largest absolute Gasteiger partial charge is 0.382 e. The van der Waals surface area contributed by atoms with Crippen LogP contribution in [0.25, 0.3) is 0 Å². The van der Waals surface area contributed by atoms with Gasteiger partial charge in [0.25, 0.3) is 0 Å². The van der Waals surface area contributed by atoms with E-state index >= 15 is 0 Å². The summed E-state index contributed by atoms with van der Waals surface area (Å²) in [7, 11) is 0. The second kappa shape index (κ2) is 3.55. The van der Waals surface area contributed by atoms with Crippen LogP contribution in [0.4, 0.5) is 5.69 Å². The van der Waals surface area contributed by atoms with Crippen molar-refractivity contribution in [2.75, 3.05) is 5.32 Å². The number of nitrogens with one attached hydrogen (secondary N) is 1. The Bertz CT molecular complexity index is 338. The van der Waals surface area contributed by atoms with E-state index in [0.717, 1.165) is 17.9 Å². The van der Waals surface area contributed by atoms with Crippen LogP contribution in [0.3, 0.4) is 0 Å². The van der Waals surface area contributed by atoms with Crippen LogP contribution in [0.2, 0.25) is 0 Å². The number of rotatable bonds is 4. The Morgan fingerprint density at radius 3 is 2.33 bits per heavy atom. The number of hydrogen-bond acceptors (Lipinski definition) is 1. The molecule has 0 spiro atoms. The molecule has 0 aliphatic heterocycles. The highest BCUT2D eigenvalue weighted by Crippen LogP contribution is 2.45. The van der Waals surface area contributed by atoms with Gasteiger partial charge in [-0.25, -0.2) is 0 Å². The summed E-state index contributed by atoms with van der Waals surface area (Å²) in [6, 6.07) is 9.54. The number of aryl methyl sites for hydroxylation is 1. The lowest BCUT2D eigenvalue weighted by molar-refractivity contribution is 0.568. The molecule has 3 rings (SSSR count). The molecule has 0 saturated heterocycles. The molecule has 1 aromatic carbocycles. The van der Waals surface area contributed by atoms with Crippen molar-refractivity contribution in [3.8, 4) is 0 Å². The minimum Gasteiger partial charge on any atom is -0.382 e. The molecule has 2 aliphatic rings. The summed E-state index contributed by atoms with van der Waals surface area (Å²) in [4.78, 5) is 0. The molecule has 0 aromatic heterocycles. The third kappa shape index (κ3) is 2.17. The SMILES string of the molecule is Cc1cccc(NC(C2CC2)C2CC2)c1. The Labute approximate surface area is 91.9 Å². The van der Waals surface area contributed by atoms with Gasteiger partial charge in [-0.2, -0.15) is 0 Å². The summed E-state index contributed by atoms with van der Waals surface area (Å²) in [6.07, 6.45) is 5.78. The minimum atomic E-state index is 0.770. The Hall–Kier alpha value is -0.980. The summed E-state index contributed by atoms with van der Waals surface area (Å²) >= 11 is 0. The smallest absolute Gasteiger partial charge is 0.0345 e. The molecule has 2 aliphatic carbocycles. The molecule has 80 valence electrons. The molecule has 0 atom stereocenters. The topological polar surface area (TPSA) is 12.0 Å². The highest BCUT2D eigenvalue weighted by Gasteiger charge is 2.41. The van der Waals surface area contributed by atoms with Crippen molar-refractivity contribution in [1.29, 1.82) is 0 Å². The molecule has 2 fully saturated rings. The van der Waals surface area contributed by atoms with Crippen molar-refractivity contribution in [2.24, 2.45) is 11.8 Å². The van der Waals surface area contributed by atoms with E-state index in [1.807, 2.05) is 0 Å². The number of benzene rings is 1. The van der Waals surface area contributed by atoms with Crippen molar-refractivity contribution in [2.45, 2.75) is 38.6 Å². The van der Waals surface area contributed by atoms with Crippen LogP contribution in [-0.4, -0.2) is 6.04 Å². The summed E-state index contributed by atoms with van der Waals surface area (Å²) in [5, 5.41) is 3.74. The molecule has 15 heavy (non-hydrogen) atoms. The zero-order valence-electron chi connectivity index (χ0n) is 9.37. The maximum atomic E-state index is 3.74. The Morgan fingerprint density at radius 2 is 1.80 bits per heavy atom. The van der Waals surface area contributed by atoms with Gasteiger partial charge in [0, 0.05) is 11.7 Å². The Kier molecular flexibility index (Phi) is 2.19. The van der Waals surface area contributed by atoms with Gasteiger partial charge >= 0.3 is 0 Å². The summed E-state index contributed by atoms with van der Waals surface area (Å²) in [5.41, 5.74) is 2.67. The van der Waals surface area contributed by atoms with E-state index in [9.17, 15) is 0 Å². The van der Waals surface area contributed by atoms with Crippen molar-refractivity contribution < 1.29 is 0 Å². The summed E-state index contributed by atoms with van der Waals surface area (Å²) in [6.45, 7) is 2.16. The predicted molar refractivity (Wildman–Crippen MR) is 64.0 cm³/mol. The highest BCUT2D eigenvalue weighted by molar-refractivity contribution is 5.47. The molecule has 0 amide bonds. The molecule has 0 heterocycles. The van der Waals surface area contributed by atoms with E-state index in [0.29, 0.717) is 0 Å². The average molecular weight is 201 g/mol. The molecule has 1 heteroatoms. The van der Waals surface area contributed by atoms with Gasteiger partial charge in [-0.3, -0.25) is 0 Å². The monoisotopic (exact) mass is 201 g/mol. The van der Waals surface area contributed by atoms with Crippen molar-refractivity contribution in [3.63, 3.8) is 0 Å². The summed E-state index contributed by atoms with van der Waals surface area (Å²) in [5.74, 6) is 1.94. The fourth-order valence-electron chi connectivity index (χ4n) is 2.46. The van der Waals surface area contributed by atoms with Gasteiger partial charge < -0.3 is 5.32 Å². The second-order valence-electron chi connectivity index (χ2n) is 5.21. The maximum Gasteiger partial charge on any atom is 0.0345 e. The first-order chi connectivity index (χ1) is 7.33. The predicted octanol–water partition coefficient (Wildman–Crippen LogP) is 3.60. The van der Waals surface area contributed by atoms with E-state index in [-0.39, 0.29) is 0 Å². The van der Waals surface area contributed by atoms with E-state index in [1.165, 1.54) is 36.9 Å². The molecule has 2 saturated carbocycles. The molecular formula is C14H19N. The lowest BCUT2D eigenvalue weighted by Gasteiger charge is -2.19. The molecule has 1 aromatic rings. The van der Waals surface area contributed by atoms with Gasteiger partial charge in [0.15, 0.2) is 0 Å². The number of hydrogen-bond donors (Lipinski definition) is 1. The van der Waals surface area contributed by atoms with Crippen molar-refractivity contribution in [1.82, 2.24) is 0 Å². The molecule has 0 unspecified atom stereocenters. The molecule has 1 N–H and O–H groups in total. The maximum absolute atomic E-state index is 3.74. The minimum absolute atomic E-state index is 0.770. The fourth-order valence-corrected chi connectivity index (χ4v) is 2.46. The molecule has 0 radical (unpaired) electrons. The van der Waals surface area contributed by atoms with Crippen LogP contribution in [0.15, 0.2) is 24.3 Å². The third-order valence-corrected chi connectivity index (χ3v) is 3.61. The van der Waals surface area contributed by atoms with Gasteiger partial charge in [0.2, 0.25) is 0 Å². The molecular weight excluding hydrogens is 182 g/mol. The highest BCUT2D eigenvalue weighted by atomic mass is 15.0. The van der Waals surface area contributed by atoms with Crippen LogP contribution in [0.5, 0.6) is 0 Å². The van der Waals surface area contributed by atoms with Crippen LogP contribution < -0.4 is 5.32 Å². The van der Waals surface area contributed by atoms with Crippen LogP contribution in [0, 0.1) is 18.8 Å². The summed E-state index contributed by atoms with van der Waals surface area (Å²) < 4.78 is 0. The first kappa shape index (κ1) is 9.26. The zero-order valence-corrected chi connectivity index (χ0v) is 9.37. The first-order valence-electron chi connectivity index (χ1n) is 6.16. The van der Waals surface area contributed by atoms with Gasteiger partial charge in [0.1, 0.15) is 0 Å². The molecule has 1 nitrogen and oxygen atoms in total. The van der Waals surface area contributed by atoms with Crippen molar-refractivity contribution in [3.05, 3.63) is 29.8 Å². The Balaban J connectivity index is 1.71. The third-order valence-electron chi connectivity index (χ3n) is 3.61. The van der Waals surface area contributed by atoms with Crippen LogP contribution in [-0.2, 0) is 0 Å². The van der Waals surface area contributed by atoms with Crippen LogP contribution >= 0.6 is 0 Å². The van der Waals surface area contributed by atoms with E-state index in [4.69, 9.17) is 0 Å². The average Bonchev–Trinajstić information content (AvgIpc) is 3.07. The van der Waals surface area contributed by atoms with Gasteiger partial charge in [-0.05, 0) is 62.1 Å². The standard InChI is InChI=1S/C14H19N/c1-10-3-2-4-13(9-10)15-14(11-5-6-11)12-7-8-12/h2-4,9,11-12,14-15H,5-8H2,1H3. The van der Waals surface area contributed by atoms with Gasteiger partial charge in [-0.15, -0.1) is 0 Å². The van der Waals surface area contributed by atoms with Crippen molar-refractivity contribution >= 4 is 5.69 Å². The van der Waals surface area contributed by atoms with Gasteiger partial charge in [-0.1, -0.05) is 12.1 Å². The zero-order chi connectivity index (χ0) is 10.3. The van der Waals surface area contributed by atoms with E-state index in [2.05, 4.69) is 36.5 Å². The van der Waals surface area contributed by atoms with E-state index < -0.39 is 0 Å². The molecule has 0 bridgehead atoms. The van der Waals surface area contributed by atoms with Gasteiger partial charge in [0.05, 0.1) is 0 Å². The van der Waals surface area contributed by atoms with E-state index in [1.54, 1.807) is 0 Å².